The molecule has 134 valence electrons. The van der Waals surface area contributed by atoms with E-state index in [4.69, 9.17) is 5.73 Å². The van der Waals surface area contributed by atoms with Gasteiger partial charge in [-0.25, -0.2) is 9.38 Å². The van der Waals surface area contributed by atoms with Gasteiger partial charge in [-0.3, -0.25) is 4.79 Å². The van der Waals surface area contributed by atoms with E-state index in [-0.39, 0.29) is 29.8 Å². The van der Waals surface area contributed by atoms with Crippen LogP contribution < -0.4 is 16.4 Å². The fourth-order valence-electron chi connectivity index (χ4n) is 2.16. The predicted octanol–water partition coefficient (Wildman–Crippen LogP) is 2.80. The van der Waals surface area contributed by atoms with E-state index in [1.54, 1.807) is 36.4 Å². The van der Waals surface area contributed by atoms with Crippen LogP contribution in [-0.4, -0.2) is 18.4 Å². The van der Waals surface area contributed by atoms with Gasteiger partial charge in [0.25, 0.3) is 0 Å². The Morgan fingerprint density at radius 1 is 1.16 bits per heavy atom. The molecule has 5 nitrogen and oxygen atoms in total. The summed E-state index contributed by atoms with van der Waals surface area (Å²) >= 11 is 0. The molecule has 0 atom stereocenters. The molecule has 0 saturated heterocycles. The summed E-state index contributed by atoms with van der Waals surface area (Å²) in [4.78, 5) is 15.7. The highest BCUT2D eigenvalue weighted by Gasteiger charge is 2.04. The topological polar surface area (TPSA) is 79.5 Å². The Morgan fingerprint density at radius 3 is 2.60 bits per heavy atom. The van der Waals surface area contributed by atoms with Gasteiger partial charge in [0.2, 0.25) is 5.91 Å². The van der Waals surface area contributed by atoms with Crippen LogP contribution in [0.25, 0.3) is 0 Å². The molecule has 25 heavy (non-hydrogen) atoms. The number of carbonyl (C=O) groups is 1. The number of amides is 1. The lowest BCUT2D eigenvalue weighted by atomic mass is 10.1. The van der Waals surface area contributed by atoms with Crippen molar-refractivity contribution < 1.29 is 9.18 Å². The minimum atomic E-state index is -0.467. The number of aliphatic imine (C=N–C) groups is 1. The molecule has 0 fully saturated rings. The maximum absolute atomic E-state index is 13.7. The Balaban J connectivity index is 0.00000312. The summed E-state index contributed by atoms with van der Waals surface area (Å²) in [6, 6.07) is 13.6. The highest BCUT2D eigenvalue weighted by atomic mass is 127. The van der Waals surface area contributed by atoms with E-state index in [0.29, 0.717) is 36.7 Å². The van der Waals surface area contributed by atoms with Crippen molar-refractivity contribution in [1.82, 2.24) is 10.6 Å². The molecule has 0 aromatic heterocycles. The molecule has 0 radical (unpaired) electrons. The second-order valence-corrected chi connectivity index (χ2v) is 5.20. The van der Waals surface area contributed by atoms with Gasteiger partial charge in [0, 0.05) is 24.2 Å². The van der Waals surface area contributed by atoms with E-state index in [9.17, 15) is 9.18 Å². The van der Waals surface area contributed by atoms with Gasteiger partial charge in [0.05, 0.1) is 6.54 Å². The molecule has 2 aromatic rings. The van der Waals surface area contributed by atoms with E-state index >= 15 is 0 Å². The third-order valence-corrected chi connectivity index (χ3v) is 3.38. The van der Waals surface area contributed by atoms with Crippen LogP contribution in [0.5, 0.6) is 0 Å². The predicted molar refractivity (Wildman–Crippen MR) is 108 cm³/mol. The number of nitrogens with zero attached hydrogens (tertiary/aromatic N) is 1. The molecule has 0 saturated carbocycles. The van der Waals surface area contributed by atoms with Gasteiger partial charge in [-0.15, -0.1) is 24.0 Å². The number of carbonyl (C=O) groups excluding carboxylic acids is 1. The van der Waals surface area contributed by atoms with Crippen LogP contribution in [0, 0.1) is 5.82 Å². The van der Waals surface area contributed by atoms with Crippen LogP contribution in [-0.2, 0) is 13.1 Å². The molecule has 1 amide bonds. The van der Waals surface area contributed by atoms with Crippen LogP contribution in [0.2, 0.25) is 0 Å². The number of nitrogens with two attached hydrogens (primary N) is 1. The molecule has 0 aliphatic rings. The number of hydrogen-bond donors (Lipinski definition) is 3. The second-order valence-electron chi connectivity index (χ2n) is 5.20. The molecule has 0 aliphatic carbocycles. The Bertz CT molecular complexity index is 737. The first-order valence-corrected chi connectivity index (χ1v) is 7.74. The molecular weight excluding hydrogens is 434 g/mol. The van der Waals surface area contributed by atoms with Crippen LogP contribution in [0.3, 0.4) is 0 Å². The number of hydrogen-bond acceptors (Lipinski definition) is 2. The van der Waals surface area contributed by atoms with Crippen molar-refractivity contribution in [1.29, 1.82) is 0 Å². The van der Waals surface area contributed by atoms with Crippen molar-refractivity contribution in [3.63, 3.8) is 0 Å². The summed E-state index contributed by atoms with van der Waals surface area (Å²) in [5, 5.41) is 6.20. The Labute approximate surface area is 163 Å². The second kappa shape index (κ2) is 10.7. The van der Waals surface area contributed by atoms with Gasteiger partial charge < -0.3 is 16.4 Å². The summed E-state index contributed by atoms with van der Waals surface area (Å²) in [6.07, 6.45) is 0. The number of primary amides is 1. The Morgan fingerprint density at radius 2 is 1.92 bits per heavy atom. The normalized spacial score (nSPS) is 10.7. The van der Waals surface area contributed by atoms with Crippen molar-refractivity contribution in [2.75, 3.05) is 6.54 Å². The zero-order chi connectivity index (χ0) is 17.4. The summed E-state index contributed by atoms with van der Waals surface area (Å²) < 4.78 is 13.7. The first-order chi connectivity index (χ1) is 11.6. The first kappa shape index (κ1) is 20.9. The molecule has 0 spiro atoms. The standard InChI is InChI=1S/C18H21FN4O.HI/c1-2-21-18(23-12-15-7-3-4-9-16(15)19)22-11-13-6-5-8-14(10-13)17(20)24;/h3-10H,2,11-12H2,1H3,(H2,20,24)(H2,21,22,23);1H. The van der Waals surface area contributed by atoms with Gasteiger partial charge in [0.15, 0.2) is 5.96 Å². The molecule has 4 N–H and O–H groups in total. The summed E-state index contributed by atoms with van der Waals surface area (Å²) in [5.41, 5.74) is 7.17. The molecule has 0 aliphatic heterocycles. The van der Waals surface area contributed by atoms with E-state index in [2.05, 4.69) is 15.6 Å². The molecule has 7 heteroatoms. The number of rotatable bonds is 6. The van der Waals surface area contributed by atoms with E-state index in [1.807, 2.05) is 13.0 Å². The van der Waals surface area contributed by atoms with Crippen LogP contribution in [0.4, 0.5) is 4.39 Å². The lowest BCUT2D eigenvalue weighted by Crippen LogP contribution is -2.37. The number of nitrogens with one attached hydrogen (secondary N) is 2. The average molecular weight is 456 g/mol. The molecule has 0 bridgehead atoms. The molecule has 2 rings (SSSR count). The van der Waals surface area contributed by atoms with E-state index < -0.39 is 5.91 Å². The fourth-order valence-corrected chi connectivity index (χ4v) is 2.16. The lowest BCUT2D eigenvalue weighted by Gasteiger charge is -2.12. The number of guanidine groups is 1. The smallest absolute Gasteiger partial charge is 0.248 e. The SMILES string of the molecule is CCNC(=NCc1cccc(C(N)=O)c1)NCc1ccccc1F.I. The third kappa shape index (κ3) is 6.69. The first-order valence-electron chi connectivity index (χ1n) is 7.74. The van der Waals surface area contributed by atoms with Gasteiger partial charge in [0.1, 0.15) is 5.82 Å². The largest absolute Gasteiger partial charge is 0.366 e. The van der Waals surface area contributed by atoms with Crippen molar-refractivity contribution in [3.8, 4) is 0 Å². The average Bonchev–Trinajstić information content (AvgIpc) is 2.59. The van der Waals surface area contributed by atoms with Gasteiger partial charge in [-0.2, -0.15) is 0 Å². The van der Waals surface area contributed by atoms with E-state index in [1.165, 1.54) is 6.07 Å². The lowest BCUT2D eigenvalue weighted by molar-refractivity contribution is 0.1000. The molecular formula is C18H22FIN4O. The Kier molecular flexibility index (Phi) is 8.90. The minimum Gasteiger partial charge on any atom is -0.366 e. The van der Waals surface area contributed by atoms with Gasteiger partial charge in [-0.05, 0) is 30.7 Å². The van der Waals surface area contributed by atoms with Crippen molar-refractivity contribution in [2.45, 2.75) is 20.0 Å². The molecule has 2 aromatic carbocycles. The number of benzene rings is 2. The van der Waals surface area contributed by atoms with Crippen LogP contribution >= 0.6 is 24.0 Å². The monoisotopic (exact) mass is 456 g/mol. The van der Waals surface area contributed by atoms with Crippen molar-refractivity contribution in [3.05, 3.63) is 71.0 Å². The Hall–Kier alpha value is -2.16. The zero-order valence-electron chi connectivity index (χ0n) is 14.0. The maximum Gasteiger partial charge on any atom is 0.248 e. The highest BCUT2D eigenvalue weighted by Crippen LogP contribution is 2.07. The number of halogens is 2. The summed E-state index contributed by atoms with van der Waals surface area (Å²) in [6.45, 7) is 3.35. The van der Waals surface area contributed by atoms with Crippen LogP contribution in [0.15, 0.2) is 53.5 Å². The summed E-state index contributed by atoms with van der Waals surface area (Å²) in [7, 11) is 0. The van der Waals surface area contributed by atoms with E-state index in [0.717, 1.165) is 5.56 Å². The van der Waals surface area contributed by atoms with Gasteiger partial charge in [-0.1, -0.05) is 30.3 Å². The van der Waals surface area contributed by atoms with Crippen molar-refractivity contribution in [2.24, 2.45) is 10.7 Å². The highest BCUT2D eigenvalue weighted by molar-refractivity contribution is 14.0. The third-order valence-electron chi connectivity index (χ3n) is 3.38. The zero-order valence-corrected chi connectivity index (χ0v) is 16.3. The minimum absolute atomic E-state index is 0. The summed E-state index contributed by atoms with van der Waals surface area (Å²) in [5.74, 6) is -0.148. The fraction of sp³-hybridized carbons (Fsp3) is 0.222. The van der Waals surface area contributed by atoms with Crippen LogP contribution in [0.1, 0.15) is 28.4 Å². The quantitative estimate of drug-likeness (QED) is 0.356. The van der Waals surface area contributed by atoms with Gasteiger partial charge >= 0.3 is 0 Å². The van der Waals surface area contributed by atoms with Crippen molar-refractivity contribution >= 4 is 35.8 Å². The maximum atomic E-state index is 13.7. The molecule has 0 unspecified atom stereocenters. The molecule has 0 heterocycles.